The SMILES string of the molecule is CCN(CC(C)C(=O)O)c1ccc(N(C)C)cc1. The molecule has 0 bridgehead atoms. The molecule has 0 amide bonds. The highest BCUT2D eigenvalue weighted by atomic mass is 16.4. The number of hydrogen-bond donors (Lipinski definition) is 1. The summed E-state index contributed by atoms with van der Waals surface area (Å²) < 4.78 is 0. The Balaban J connectivity index is 2.79. The zero-order valence-corrected chi connectivity index (χ0v) is 11.6. The monoisotopic (exact) mass is 250 g/mol. The molecule has 0 aliphatic heterocycles. The molecule has 0 heterocycles. The van der Waals surface area contributed by atoms with Crippen LogP contribution in [0.3, 0.4) is 0 Å². The van der Waals surface area contributed by atoms with Crippen LogP contribution in [0.1, 0.15) is 13.8 Å². The number of carbonyl (C=O) groups is 1. The number of carboxylic acid groups (broad SMARTS) is 1. The summed E-state index contributed by atoms with van der Waals surface area (Å²) in [6.07, 6.45) is 0. The van der Waals surface area contributed by atoms with E-state index in [1.165, 1.54) is 0 Å². The molecular weight excluding hydrogens is 228 g/mol. The lowest BCUT2D eigenvalue weighted by Crippen LogP contribution is -2.31. The van der Waals surface area contributed by atoms with Crippen LogP contribution < -0.4 is 9.80 Å². The normalized spacial score (nSPS) is 12.0. The standard InChI is InChI=1S/C14H22N2O2/c1-5-16(10-11(2)14(17)18)13-8-6-12(7-9-13)15(3)4/h6-9,11H,5,10H2,1-4H3,(H,17,18). The summed E-state index contributed by atoms with van der Waals surface area (Å²) in [6.45, 7) is 5.11. The lowest BCUT2D eigenvalue weighted by atomic mass is 10.1. The molecule has 0 radical (unpaired) electrons. The van der Waals surface area contributed by atoms with Crippen LogP contribution in [0.25, 0.3) is 0 Å². The van der Waals surface area contributed by atoms with Gasteiger partial charge in [-0.05, 0) is 31.2 Å². The second kappa shape index (κ2) is 6.28. The minimum absolute atomic E-state index is 0.363. The van der Waals surface area contributed by atoms with Gasteiger partial charge in [0, 0.05) is 38.6 Å². The Bertz CT molecular complexity index is 387. The molecule has 0 spiro atoms. The number of benzene rings is 1. The van der Waals surface area contributed by atoms with Gasteiger partial charge in [0.05, 0.1) is 5.92 Å². The molecule has 4 heteroatoms. The van der Waals surface area contributed by atoms with Crippen molar-refractivity contribution in [3.8, 4) is 0 Å². The van der Waals surface area contributed by atoms with Gasteiger partial charge in [0.25, 0.3) is 0 Å². The fourth-order valence-electron chi connectivity index (χ4n) is 1.79. The summed E-state index contributed by atoms with van der Waals surface area (Å²) in [5, 5.41) is 8.96. The first kappa shape index (κ1) is 14.4. The Morgan fingerprint density at radius 1 is 1.22 bits per heavy atom. The second-order valence-corrected chi connectivity index (χ2v) is 4.69. The third-order valence-electron chi connectivity index (χ3n) is 3.03. The maximum atomic E-state index is 10.9. The third kappa shape index (κ3) is 3.65. The number of hydrogen-bond acceptors (Lipinski definition) is 3. The van der Waals surface area contributed by atoms with Crippen LogP contribution in [0, 0.1) is 5.92 Å². The number of rotatable bonds is 6. The molecule has 100 valence electrons. The Labute approximate surface area is 109 Å². The van der Waals surface area contributed by atoms with Crippen molar-refractivity contribution >= 4 is 17.3 Å². The summed E-state index contributed by atoms with van der Waals surface area (Å²) in [4.78, 5) is 15.0. The zero-order valence-electron chi connectivity index (χ0n) is 11.6. The van der Waals surface area contributed by atoms with Crippen molar-refractivity contribution in [2.45, 2.75) is 13.8 Å². The number of carboxylic acids is 1. The first-order valence-electron chi connectivity index (χ1n) is 6.20. The van der Waals surface area contributed by atoms with Crippen molar-refractivity contribution < 1.29 is 9.90 Å². The average molecular weight is 250 g/mol. The maximum absolute atomic E-state index is 10.9. The maximum Gasteiger partial charge on any atom is 0.308 e. The van der Waals surface area contributed by atoms with Crippen LogP contribution in [-0.4, -0.2) is 38.3 Å². The summed E-state index contributed by atoms with van der Waals surface area (Å²) >= 11 is 0. The largest absolute Gasteiger partial charge is 0.481 e. The van der Waals surface area contributed by atoms with Crippen molar-refractivity contribution in [2.75, 3.05) is 37.0 Å². The molecule has 0 saturated carbocycles. The molecule has 0 fully saturated rings. The highest BCUT2D eigenvalue weighted by Gasteiger charge is 2.15. The van der Waals surface area contributed by atoms with Crippen LogP contribution in [0.4, 0.5) is 11.4 Å². The van der Waals surface area contributed by atoms with Crippen molar-refractivity contribution in [3.05, 3.63) is 24.3 Å². The zero-order chi connectivity index (χ0) is 13.7. The second-order valence-electron chi connectivity index (χ2n) is 4.69. The van der Waals surface area contributed by atoms with E-state index in [0.717, 1.165) is 17.9 Å². The van der Waals surface area contributed by atoms with Crippen molar-refractivity contribution in [2.24, 2.45) is 5.92 Å². The average Bonchev–Trinajstić information content (AvgIpc) is 2.35. The van der Waals surface area contributed by atoms with Gasteiger partial charge in [-0.25, -0.2) is 0 Å². The van der Waals surface area contributed by atoms with E-state index in [1.54, 1.807) is 6.92 Å². The summed E-state index contributed by atoms with van der Waals surface area (Å²) in [5.41, 5.74) is 2.21. The summed E-state index contributed by atoms with van der Waals surface area (Å²) in [5.74, 6) is -1.11. The van der Waals surface area contributed by atoms with Gasteiger partial charge in [-0.2, -0.15) is 0 Å². The van der Waals surface area contributed by atoms with Gasteiger partial charge in [-0.1, -0.05) is 6.92 Å². The molecule has 1 atom stereocenters. The van der Waals surface area contributed by atoms with E-state index in [1.807, 2.05) is 50.2 Å². The molecule has 18 heavy (non-hydrogen) atoms. The third-order valence-corrected chi connectivity index (χ3v) is 3.03. The molecule has 0 saturated heterocycles. The Kier molecular flexibility index (Phi) is 5.01. The van der Waals surface area contributed by atoms with Gasteiger partial charge in [0.2, 0.25) is 0 Å². The van der Waals surface area contributed by atoms with E-state index in [-0.39, 0.29) is 5.92 Å². The van der Waals surface area contributed by atoms with Crippen LogP contribution >= 0.6 is 0 Å². The first-order chi connectivity index (χ1) is 8.45. The molecule has 1 N–H and O–H groups in total. The molecule has 0 aliphatic rings. The van der Waals surface area contributed by atoms with E-state index in [2.05, 4.69) is 4.90 Å². The van der Waals surface area contributed by atoms with Crippen molar-refractivity contribution in [3.63, 3.8) is 0 Å². The molecule has 4 nitrogen and oxygen atoms in total. The van der Waals surface area contributed by atoms with Crippen molar-refractivity contribution in [1.29, 1.82) is 0 Å². The van der Waals surface area contributed by atoms with Crippen LogP contribution in [0.5, 0.6) is 0 Å². The molecule has 0 aliphatic carbocycles. The van der Waals surface area contributed by atoms with Gasteiger partial charge in [-0.3, -0.25) is 4.79 Å². The van der Waals surface area contributed by atoms with E-state index in [0.29, 0.717) is 6.54 Å². The lowest BCUT2D eigenvalue weighted by Gasteiger charge is -2.25. The summed E-state index contributed by atoms with van der Waals surface area (Å²) in [7, 11) is 4.00. The Hall–Kier alpha value is -1.71. The molecule has 1 aromatic carbocycles. The van der Waals surface area contributed by atoms with Gasteiger partial charge < -0.3 is 14.9 Å². The quantitative estimate of drug-likeness (QED) is 0.841. The minimum atomic E-state index is -0.752. The molecular formula is C14H22N2O2. The molecule has 0 aromatic heterocycles. The van der Waals surface area contributed by atoms with Crippen molar-refractivity contribution in [1.82, 2.24) is 0 Å². The highest BCUT2D eigenvalue weighted by molar-refractivity contribution is 5.70. The smallest absolute Gasteiger partial charge is 0.308 e. The van der Waals surface area contributed by atoms with Gasteiger partial charge in [0.1, 0.15) is 0 Å². The number of nitrogens with zero attached hydrogens (tertiary/aromatic N) is 2. The van der Waals surface area contributed by atoms with Crippen LogP contribution in [0.15, 0.2) is 24.3 Å². The van der Waals surface area contributed by atoms with E-state index in [9.17, 15) is 4.79 Å². The van der Waals surface area contributed by atoms with Crippen LogP contribution in [-0.2, 0) is 4.79 Å². The fourth-order valence-corrected chi connectivity index (χ4v) is 1.79. The summed E-state index contributed by atoms with van der Waals surface area (Å²) in [6, 6.07) is 8.16. The predicted octanol–water partition coefficient (Wildman–Crippen LogP) is 2.30. The van der Waals surface area contributed by atoms with Gasteiger partial charge in [0.15, 0.2) is 0 Å². The number of anilines is 2. The van der Waals surface area contributed by atoms with Gasteiger partial charge >= 0.3 is 5.97 Å². The predicted molar refractivity (Wildman–Crippen MR) is 75.5 cm³/mol. The molecule has 1 unspecified atom stereocenters. The fraction of sp³-hybridized carbons (Fsp3) is 0.500. The number of aliphatic carboxylic acids is 1. The van der Waals surface area contributed by atoms with E-state index >= 15 is 0 Å². The highest BCUT2D eigenvalue weighted by Crippen LogP contribution is 2.20. The minimum Gasteiger partial charge on any atom is -0.481 e. The van der Waals surface area contributed by atoms with Crippen LogP contribution in [0.2, 0.25) is 0 Å². The first-order valence-corrected chi connectivity index (χ1v) is 6.20. The molecule has 1 rings (SSSR count). The lowest BCUT2D eigenvalue weighted by molar-refractivity contribution is -0.140. The topological polar surface area (TPSA) is 43.8 Å². The van der Waals surface area contributed by atoms with Gasteiger partial charge in [-0.15, -0.1) is 0 Å². The van der Waals surface area contributed by atoms with E-state index < -0.39 is 5.97 Å². The Morgan fingerprint density at radius 2 is 1.72 bits per heavy atom. The van der Waals surface area contributed by atoms with E-state index in [4.69, 9.17) is 5.11 Å². The Morgan fingerprint density at radius 3 is 2.11 bits per heavy atom. The molecule has 1 aromatic rings.